The molecule has 0 spiro atoms. The zero-order valence-corrected chi connectivity index (χ0v) is 17.0. The molecule has 0 N–H and O–H groups in total. The Bertz CT molecular complexity index is 629. The Kier molecular flexibility index (Phi) is 10.3. The number of halogens is 2. The Morgan fingerprint density at radius 1 is 0.524 bits per heavy atom. The molecule has 1 radical (unpaired) electrons. The van der Waals surface area contributed by atoms with Crippen molar-refractivity contribution >= 4 is 21.5 Å². The molecule has 0 bridgehead atoms. The van der Waals surface area contributed by atoms with Crippen molar-refractivity contribution in [2.75, 3.05) is 0 Å². The van der Waals surface area contributed by atoms with Crippen molar-refractivity contribution in [3.63, 3.8) is 0 Å². The summed E-state index contributed by atoms with van der Waals surface area (Å²) in [6, 6.07) is 29.3. The van der Waals surface area contributed by atoms with Crippen LogP contribution in [0.3, 0.4) is 0 Å². The molecule has 0 aliphatic carbocycles. The Labute approximate surface area is 171 Å². The van der Waals surface area contributed by atoms with E-state index in [4.69, 9.17) is 0 Å². The van der Waals surface area contributed by atoms with Gasteiger partial charge in [0.2, 0.25) is 0 Å². The Morgan fingerprint density at radius 2 is 0.905 bits per heavy atom. The number of rotatable bonds is 0. The van der Waals surface area contributed by atoms with Gasteiger partial charge in [0, 0.05) is 0 Å². The predicted molar refractivity (Wildman–Crippen MR) is 79.1 cm³/mol. The predicted octanol–water partition coefficient (Wildman–Crippen LogP) is -0.877. The summed E-state index contributed by atoms with van der Waals surface area (Å²) < 4.78 is 0. The molecular formula is C18H14I2V. The summed E-state index contributed by atoms with van der Waals surface area (Å²) in [6.07, 6.45) is 0. The first-order valence-electron chi connectivity index (χ1n) is 6.14. The molecule has 0 fully saturated rings. The maximum atomic E-state index is 2.12. The van der Waals surface area contributed by atoms with Crippen molar-refractivity contribution in [3.05, 3.63) is 84.9 Å². The van der Waals surface area contributed by atoms with E-state index >= 15 is 0 Å². The van der Waals surface area contributed by atoms with Crippen molar-refractivity contribution in [2.24, 2.45) is 0 Å². The van der Waals surface area contributed by atoms with Gasteiger partial charge in [-0.2, -0.15) is 35.0 Å². The third kappa shape index (κ3) is 5.44. The van der Waals surface area contributed by atoms with Crippen LogP contribution >= 0.6 is 0 Å². The van der Waals surface area contributed by atoms with Crippen LogP contribution in [0.4, 0.5) is 0 Å². The summed E-state index contributed by atoms with van der Waals surface area (Å²) in [6.45, 7) is 0. The summed E-state index contributed by atoms with van der Waals surface area (Å²) in [5.74, 6) is 0. The van der Waals surface area contributed by atoms with E-state index in [0.29, 0.717) is 0 Å². The van der Waals surface area contributed by atoms with Crippen molar-refractivity contribution in [1.82, 2.24) is 0 Å². The summed E-state index contributed by atoms with van der Waals surface area (Å²) in [5.41, 5.74) is 0. The fourth-order valence-corrected chi connectivity index (χ4v) is 2.14. The first-order chi connectivity index (χ1) is 8.93. The Morgan fingerprint density at radius 3 is 1.29 bits per heavy atom. The average molecular weight is 535 g/mol. The third-order valence-electron chi connectivity index (χ3n) is 3.10. The summed E-state index contributed by atoms with van der Waals surface area (Å²) in [7, 11) is 0. The Balaban J connectivity index is 0.000000333. The van der Waals surface area contributed by atoms with Crippen molar-refractivity contribution in [3.8, 4) is 0 Å². The van der Waals surface area contributed by atoms with Crippen LogP contribution in [-0.2, 0) is 18.6 Å². The van der Waals surface area contributed by atoms with Crippen LogP contribution in [0, 0.1) is 0 Å². The molecule has 0 aliphatic heterocycles. The molecule has 21 heavy (non-hydrogen) atoms. The molecule has 0 aliphatic rings. The summed E-state index contributed by atoms with van der Waals surface area (Å²) in [4.78, 5) is 0. The second-order valence-electron chi connectivity index (χ2n) is 4.31. The second-order valence-corrected chi connectivity index (χ2v) is 4.31. The van der Waals surface area contributed by atoms with E-state index in [1.807, 2.05) is 0 Å². The standard InChI is InChI=1S/2C9H7.2HI.V/c2*1-2-5-9-7-3-6-8(9)4-1;;;/h2*1-7H;2*1H;/q2*-1;;;+4/p-2. The quantitative estimate of drug-likeness (QED) is 0.203. The van der Waals surface area contributed by atoms with Crippen LogP contribution in [0.2, 0.25) is 0 Å². The maximum absolute atomic E-state index is 2.12. The maximum Gasteiger partial charge on any atom is 4.00 e. The zero-order valence-electron chi connectivity index (χ0n) is 11.3. The van der Waals surface area contributed by atoms with E-state index in [2.05, 4.69) is 84.9 Å². The minimum Gasteiger partial charge on any atom is -1.00 e. The average Bonchev–Trinajstić information content (AvgIpc) is 3.08. The molecule has 0 heterocycles. The fraction of sp³-hybridized carbons (Fsp3) is 0. The molecule has 0 aromatic heterocycles. The van der Waals surface area contributed by atoms with Crippen LogP contribution in [0.15, 0.2) is 84.9 Å². The molecule has 0 atom stereocenters. The van der Waals surface area contributed by atoms with Crippen LogP contribution in [0.25, 0.3) is 21.5 Å². The number of fused-ring (bicyclic) bond motifs is 2. The minimum atomic E-state index is 0. The first kappa shape index (κ1) is 20.7. The second kappa shape index (κ2) is 10.4. The van der Waals surface area contributed by atoms with Crippen LogP contribution < -0.4 is 48.0 Å². The molecule has 105 valence electrons. The molecule has 0 amide bonds. The van der Waals surface area contributed by atoms with Gasteiger partial charge in [0.25, 0.3) is 0 Å². The van der Waals surface area contributed by atoms with E-state index in [9.17, 15) is 0 Å². The van der Waals surface area contributed by atoms with Crippen LogP contribution in [-0.4, -0.2) is 0 Å². The topological polar surface area (TPSA) is 0 Å². The summed E-state index contributed by atoms with van der Waals surface area (Å²) in [5, 5.41) is 5.32. The van der Waals surface area contributed by atoms with E-state index in [1.54, 1.807) is 0 Å². The van der Waals surface area contributed by atoms with Gasteiger partial charge in [-0.1, -0.05) is 12.1 Å². The molecule has 0 saturated carbocycles. The van der Waals surface area contributed by atoms with E-state index in [1.165, 1.54) is 21.5 Å². The van der Waals surface area contributed by atoms with Crippen molar-refractivity contribution in [1.29, 1.82) is 0 Å². The fourth-order valence-electron chi connectivity index (χ4n) is 2.14. The molecular weight excluding hydrogens is 521 g/mol. The monoisotopic (exact) mass is 535 g/mol. The Hall–Kier alpha value is -0.296. The SMILES string of the molecule is [I-].[I-].[V+4].c1ccc2[cH-]ccc2c1.c1ccc2[cH-]ccc2c1. The summed E-state index contributed by atoms with van der Waals surface area (Å²) >= 11 is 0. The van der Waals surface area contributed by atoms with Gasteiger partial charge in [-0.25, -0.2) is 0 Å². The van der Waals surface area contributed by atoms with Crippen LogP contribution in [0.1, 0.15) is 0 Å². The van der Waals surface area contributed by atoms with Gasteiger partial charge in [0.15, 0.2) is 0 Å². The normalized spacial score (nSPS) is 8.76. The number of hydrogen-bond donors (Lipinski definition) is 0. The van der Waals surface area contributed by atoms with Gasteiger partial charge in [-0.3, -0.25) is 0 Å². The largest absolute Gasteiger partial charge is 4.00 e. The minimum absolute atomic E-state index is 0. The van der Waals surface area contributed by atoms with Gasteiger partial charge in [-0.05, 0) is 0 Å². The van der Waals surface area contributed by atoms with Crippen molar-refractivity contribution in [2.45, 2.75) is 0 Å². The first-order valence-corrected chi connectivity index (χ1v) is 6.14. The molecule has 4 rings (SSSR count). The molecule has 3 heteroatoms. The smallest absolute Gasteiger partial charge is 1.00 e. The van der Waals surface area contributed by atoms with Gasteiger partial charge in [0.1, 0.15) is 0 Å². The molecule has 0 nitrogen and oxygen atoms in total. The molecule has 0 unspecified atom stereocenters. The van der Waals surface area contributed by atoms with Gasteiger partial charge in [-0.15, -0.1) is 59.3 Å². The zero-order chi connectivity index (χ0) is 12.2. The van der Waals surface area contributed by atoms with E-state index in [0.717, 1.165) is 0 Å². The van der Waals surface area contributed by atoms with Crippen molar-refractivity contribution < 1.29 is 66.5 Å². The number of hydrogen-bond acceptors (Lipinski definition) is 0. The number of benzene rings is 2. The van der Waals surface area contributed by atoms with Crippen LogP contribution in [0.5, 0.6) is 0 Å². The van der Waals surface area contributed by atoms with E-state index in [-0.39, 0.29) is 66.5 Å². The van der Waals surface area contributed by atoms with Gasteiger partial charge in [0.05, 0.1) is 0 Å². The van der Waals surface area contributed by atoms with Gasteiger partial charge >= 0.3 is 18.6 Å². The van der Waals surface area contributed by atoms with E-state index < -0.39 is 0 Å². The molecule has 0 saturated heterocycles. The molecule has 4 aromatic rings. The third-order valence-corrected chi connectivity index (χ3v) is 3.10. The molecule has 4 aromatic carbocycles. The van der Waals surface area contributed by atoms with Gasteiger partial charge < -0.3 is 48.0 Å².